The Morgan fingerprint density at radius 2 is 2.31 bits per heavy atom. The summed E-state index contributed by atoms with van der Waals surface area (Å²) in [4.78, 5) is 14.5. The van der Waals surface area contributed by atoms with E-state index < -0.39 is 5.97 Å². The molecular formula is C8H11BrN2O2. The second-order valence-corrected chi connectivity index (χ2v) is 3.61. The van der Waals surface area contributed by atoms with E-state index in [1.165, 1.54) is 0 Å². The zero-order valence-corrected chi connectivity index (χ0v) is 9.13. The Kier molecular flexibility index (Phi) is 3.08. The molecule has 0 radical (unpaired) electrons. The van der Waals surface area contributed by atoms with Gasteiger partial charge in [-0.1, -0.05) is 0 Å². The monoisotopic (exact) mass is 246 g/mol. The maximum absolute atomic E-state index is 10.3. The lowest BCUT2D eigenvalue weighted by atomic mass is 10.3. The number of carboxylic acids is 1. The van der Waals surface area contributed by atoms with Crippen LogP contribution in [0.4, 0.5) is 0 Å². The average molecular weight is 247 g/mol. The van der Waals surface area contributed by atoms with Gasteiger partial charge in [0.1, 0.15) is 10.4 Å². The van der Waals surface area contributed by atoms with Gasteiger partial charge in [0.05, 0.1) is 6.42 Å². The highest BCUT2D eigenvalue weighted by Crippen LogP contribution is 2.16. The largest absolute Gasteiger partial charge is 0.481 e. The molecule has 72 valence electrons. The molecule has 4 nitrogen and oxygen atoms in total. The van der Waals surface area contributed by atoms with E-state index in [9.17, 15) is 4.79 Å². The van der Waals surface area contributed by atoms with Crippen molar-refractivity contribution in [1.29, 1.82) is 0 Å². The third-order valence-electron chi connectivity index (χ3n) is 1.98. The van der Waals surface area contributed by atoms with Crippen LogP contribution in [0.3, 0.4) is 0 Å². The Hall–Kier alpha value is -0.840. The van der Waals surface area contributed by atoms with E-state index in [1.807, 2.05) is 18.5 Å². The fraction of sp³-hybridized carbons (Fsp3) is 0.500. The number of nitrogens with zero attached hydrogens (tertiary/aromatic N) is 2. The molecule has 0 fully saturated rings. The summed E-state index contributed by atoms with van der Waals surface area (Å²) in [7, 11) is 1.88. The Balaban J connectivity index is 2.78. The minimum atomic E-state index is -0.795. The fourth-order valence-electron chi connectivity index (χ4n) is 1.04. The van der Waals surface area contributed by atoms with Crippen molar-refractivity contribution in [1.82, 2.24) is 9.55 Å². The third kappa shape index (κ3) is 2.30. The van der Waals surface area contributed by atoms with Crippen LogP contribution in [-0.4, -0.2) is 20.6 Å². The van der Waals surface area contributed by atoms with Crippen molar-refractivity contribution >= 4 is 21.9 Å². The number of imidazole rings is 1. The van der Waals surface area contributed by atoms with Crippen LogP contribution >= 0.6 is 15.9 Å². The van der Waals surface area contributed by atoms with E-state index in [1.54, 1.807) is 0 Å². The number of carbonyl (C=O) groups is 1. The number of rotatable bonds is 3. The molecule has 13 heavy (non-hydrogen) atoms. The molecule has 1 aromatic rings. The first-order chi connectivity index (χ1) is 6.02. The zero-order valence-electron chi connectivity index (χ0n) is 7.54. The molecule has 0 aliphatic heterocycles. The molecule has 0 saturated heterocycles. The molecule has 1 heterocycles. The molecule has 0 atom stereocenters. The molecule has 1 N–H and O–H groups in total. The fourth-order valence-corrected chi connectivity index (χ4v) is 1.51. The molecule has 0 aliphatic rings. The maximum Gasteiger partial charge on any atom is 0.303 e. The van der Waals surface area contributed by atoms with E-state index in [2.05, 4.69) is 20.9 Å². The van der Waals surface area contributed by atoms with Crippen LogP contribution in [0.25, 0.3) is 0 Å². The summed E-state index contributed by atoms with van der Waals surface area (Å²) in [6.45, 7) is 1.93. The molecular weight excluding hydrogens is 236 g/mol. The summed E-state index contributed by atoms with van der Waals surface area (Å²) in [5.41, 5.74) is 1.01. The highest BCUT2D eigenvalue weighted by molar-refractivity contribution is 9.10. The van der Waals surface area contributed by atoms with Gasteiger partial charge >= 0.3 is 5.97 Å². The van der Waals surface area contributed by atoms with Gasteiger partial charge in [-0.2, -0.15) is 0 Å². The van der Waals surface area contributed by atoms with E-state index in [0.29, 0.717) is 6.42 Å². The Morgan fingerprint density at radius 1 is 1.69 bits per heavy atom. The topological polar surface area (TPSA) is 55.1 Å². The first-order valence-electron chi connectivity index (χ1n) is 3.92. The summed E-state index contributed by atoms with van der Waals surface area (Å²) < 4.78 is 2.68. The SMILES string of the molecule is Cc1c(Br)nc(CCC(=O)O)n1C. The van der Waals surface area contributed by atoms with Crippen LogP contribution in [0, 0.1) is 6.92 Å². The van der Waals surface area contributed by atoms with Gasteiger partial charge in [0.2, 0.25) is 0 Å². The van der Waals surface area contributed by atoms with Crippen LogP contribution in [0.15, 0.2) is 4.60 Å². The third-order valence-corrected chi connectivity index (χ3v) is 2.73. The van der Waals surface area contributed by atoms with Crippen LogP contribution < -0.4 is 0 Å². The smallest absolute Gasteiger partial charge is 0.303 e. The molecule has 1 rings (SSSR count). The molecule has 0 saturated carbocycles. The minimum absolute atomic E-state index is 0.122. The van der Waals surface area contributed by atoms with Crippen molar-refractivity contribution in [2.24, 2.45) is 7.05 Å². The minimum Gasteiger partial charge on any atom is -0.481 e. The van der Waals surface area contributed by atoms with E-state index in [0.717, 1.165) is 16.1 Å². The van der Waals surface area contributed by atoms with E-state index >= 15 is 0 Å². The highest BCUT2D eigenvalue weighted by Gasteiger charge is 2.09. The first-order valence-corrected chi connectivity index (χ1v) is 4.71. The van der Waals surface area contributed by atoms with Crippen molar-refractivity contribution in [2.75, 3.05) is 0 Å². The van der Waals surface area contributed by atoms with Crippen molar-refractivity contribution in [3.8, 4) is 0 Å². The van der Waals surface area contributed by atoms with Crippen molar-refractivity contribution in [2.45, 2.75) is 19.8 Å². The lowest BCUT2D eigenvalue weighted by Gasteiger charge is -2.00. The van der Waals surface area contributed by atoms with Crippen molar-refractivity contribution < 1.29 is 9.90 Å². The number of carboxylic acid groups (broad SMARTS) is 1. The van der Waals surface area contributed by atoms with E-state index in [4.69, 9.17) is 5.11 Å². The highest BCUT2D eigenvalue weighted by atomic mass is 79.9. The summed E-state index contributed by atoms with van der Waals surface area (Å²) in [6, 6.07) is 0. The van der Waals surface area contributed by atoms with Crippen LogP contribution in [0.1, 0.15) is 17.9 Å². The molecule has 0 spiro atoms. The molecule has 0 aliphatic carbocycles. The zero-order chi connectivity index (χ0) is 10.0. The molecule has 0 bridgehead atoms. The molecule has 0 unspecified atom stereocenters. The second-order valence-electron chi connectivity index (χ2n) is 2.86. The van der Waals surface area contributed by atoms with Gasteiger partial charge in [0.25, 0.3) is 0 Å². The lowest BCUT2D eigenvalue weighted by Crippen LogP contribution is -2.03. The molecule has 5 heteroatoms. The van der Waals surface area contributed by atoms with Crippen molar-refractivity contribution in [3.05, 3.63) is 16.1 Å². The van der Waals surface area contributed by atoms with Gasteiger partial charge in [0, 0.05) is 19.2 Å². The standard InChI is InChI=1S/C8H11BrN2O2/c1-5-8(9)10-6(11(5)2)3-4-7(12)13/h3-4H2,1-2H3,(H,12,13). The van der Waals surface area contributed by atoms with Gasteiger partial charge in [-0.15, -0.1) is 0 Å². The number of hydrogen-bond donors (Lipinski definition) is 1. The van der Waals surface area contributed by atoms with Crippen LogP contribution in [0.5, 0.6) is 0 Å². The Morgan fingerprint density at radius 3 is 2.69 bits per heavy atom. The number of aromatic nitrogens is 2. The second kappa shape index (κ2) is 3.91. The predicted molar refractivity (Wildman–Crippen MR) is 51.6 cm³/mol. The molecule has 1 aromatic heterocycles. The maximum atomic E-state index is 10.3. The van der Waals surface area contributed by atoms with Gasteiger partial charge in [-0.25, -0.2) is 4.98 Å². The van der Waals surface area contributed by atoms with Crippen molar-refractivity contribution in [3.63, 3.8) is 0 Å². The number of halogens is 1. The summed E-state index contributed by atoms with van der Waals surface area (Å²) >= 11 is 3.29. The van der Waals surface area contributed by atoms with E-state index in [-0.39, 0.29) is 6.42 Å². The summed E-state index contributed by atoms with van der Waals surface area (Å²) in [5.74, 6) is 0.00329. The van der Waals surface area contributed by atoms with Gasteiger partial charge in [-0.3, -0.25) is 4.79 Å². The van der Waals surface area contributed by atoms with Gasteiger partial charge in [0.15, 0.2) is 0 Å². The number of hydrogen-bond acceptors (Lipinski definition) is 2. The summed E-state index contributed by atoms with van der Waals surface area (Å²) in [6.07, 6.45) is 0.592. The Bertz CT molecular complexity index is 333. The molecule has 0 amide bonds. The van der Waals surface area contributed by atoms with Gasteiger partial charge in [-0.05, 0) is 22.9 Å². The molecule has 0 aromatic carbocycles. The van der Waals surface area contributed by atoms with Crippen LogP contribution in [-0.2, 0) is 18.3 Å². The Labute approximate surface area is 84.7 Å². The van der Waals surface area contributed by atoms with Crippen LogP contribution in [0.2, 0.25) is 0 Å². The lowest BCUT2D eigenvalue weighted by molar-refractivity contribution is -0.137. The summed E-state index contributed by atoms with van der Waals surface area (Å²) in [5, 5.41) is 8.49. The predicted octanol–water partition coefficient (Wildman–Crippen LogP) is 1.51. The average Bonchev–Trinajstić information content (AvgIpc) is 2.29. The first kappa shape index (κ1) is 10.2. The quantitative estimate of drug-likeness (QED) is 0.880. The normalized spacial score (nSPS) is 10.4. The van der Waals surface area contributed by atoms with Gasteiger partial charge < -0.3 is 9.67 Å². The number of aryl methyl sites for hydroxylation is 1. The number of aliphatic carboxylic acids is 1.